The van der Waals surface area contributed by atoms with Crippen LogP contribution in [0, 0.1) is 0 Å². The van der Waals surface area contributed by atoms with Crippen LogP contribution in [-0.2, 0) is 13.0 Å². The minimum absolute atomic E-state index is 0.524. The molecule has 2 nitrogen and oxygen atoms in total. The molecule has 22 heavy (non-hydrogen) atoms. The third-order valence-electron chi connectivity index (χ3n) is 4.68. The summed E-state index contributed by atoms with van der Waals surface area (Å²) >= 11 is 0. The summed E-state index contributed by atoms with van der Waals surface area (Å²) in [6.07, 6.45) is 3.53. The lowest BCUT2D eigenvalue weighted by atomic mass is 9.99. The maximum absolute atomic E-state index is 3.81. The Balaban J connectivity index is 1.62. The molecule has 1 aliphatic heterocycles. The number of benzene rings is 2. The molecule has 0 aliphatic carbocycles. The van der Waals surface area contributed by atoms with Crippen molar-refractivity contribution in [1.29, 1.82) is 0 Å². The summed E-state index contributed by atoms with van der Waals surface area (Å²) in [6, 6.07) is 23.2. The van der Waals surface area contributed by atoms with E-state index in [1.54, 1.807) is 0 Å². The van der Waals surface area contributed by atoms with Crippen molar-refractivity contribution in [2.24, 2.45) is 0 Å². The van der Waals surface area contributed by atoms with Crippen LogP contribution in [0.5, 0.6) is 0 Å². The fourth-order valence-corrected chi connectivity index (χ4v) is 3.38. The number of hydrogen-bond donors (Lipinski definition) is 2. The second-order valence-corrected chi connectivity index (χ2v) is 6.28. The summed E-state index contributed by atoms with van der Waals surface area (Å²) in [5.74, 6) is 0. The zero-order valence-electron chi connectivity index (χ0n) is 13.3. The van der Waals surface area contributed by atoms with Gasteiger partial charge in [-0.1, -0.05) is 67.6 Å². The molecule has 0 amide bonds. The Morgan fingerprint density at radius 3 is 2.23 bits per heavy atom. The second kappa shape index (κ2) is 7.57. The molecular formula is C20H26N2. The van der Waals surface area contributed by atoms with Crippen LogP contribution in [0.4, 0.5) is 0 Å². The van der Waals surface area contributed by atoms with Gasteiger partial charge in [-0.3, -0.25) is 0 Å². The molecule has 1 aliphatic rings. The Bertz CT molecular complexity index is 552. The highest BCUT2D eigenvalue weighted by Gasteiger charge is 2.32. The molecule has 0 unspecified atom stereocenters. The summed E-state index contributed by atoms with van der Waals surface area (Å²) in [7, 11) is 0. The highest BCUT2D eigenvalue weighted by atomic mass is 15.1. The molecule has 2 heteroatoms. The number of hydrogen-bond acceptors (Lipinski definition) is 2. The maximum Gasteiger partial charge on any atom is 0.0264 e. The molecule has 2 N–H and O–H groups in total. The van der Waals surface area contributed by atoms with Crippen LogP contribution in [0.15, 0.2) is 60.7 Å². The van der Waals surface area contributed by atoms with Gasteiger partial charge < -0.3 is 10.6 Å². The first-order chi connectivity index (χ1) is 10.8. The molecule has 3 atom stereocenters. The SMILES string of the molecule is CC[C@@H]1C[C@H](NCc2ccccc2)[C@H](Cc2ccccc2)N1. The third-order valence-corrected chi connectivity index (χ3v) is 4.68. The lowest BCUT2D eigenvalue weighted by molar-refractivity contribution is 0.445. The largest absolute Gasteiger partial charge is 0.309 e. The van der Waals surface area contributed by atoms with E-state index < -0.39 is 0 Å². The van der Waals surface area contributed by atoms with E-state index in [0.29, 0.717) is 18.1 Å². The first kappa shape index (κ1) is 15.3. The lowest BCUT2D eigenvalue weighted by Gasteiger charge is -2.21. The molecule has 0 bridgehead atoms. The summed E-state index contributed by atoms with van der Waals surface area (Å²) in [6.45, 7) is 3.23. The Hall–Kier alpha value is -1.64. The van der Waals surface area contributed by atoms with Gasteiger partial charge in [-0.15, -0.1) is 0 Å². The topological polar surface area (TPSA) is 24.1 Å². The van der Waals surface area contributed by atoms with Crippen molar-refractivity contribution >= 4 is 0 Å². The minimum Gasteiger partial charge on any atom is -0.309 e. The minimum atomic E-state index is 0.524. The molecule has 2 aromatic rings. The van der Waals surface area contributed by atoms with Crippen molar-refractivity contribution in [3.63, 3.8) is 0 Å². The maximum atomic E-state index is 3.81. The Morgan fingerprint density at radius 1 is 0.955 bits per heavy atom. The van der Waals surface area contributed by atoms with Crippen LogP contribution in [0.2, 0.25) is 0 Å². The van der Waals surface area contributed by atoms with Crippen molar-refractivity contribution in [2.45, 2.75) is 50.9 Å². The smallest absolute Gasteiger partial charge is 0.0264 e. The van der Waals surface area contributed by atoms with Gasteiger partial charge in [0.25, 0.3) is 0 Å². The monoisotopic (exact) mass is 294 g/mol. The molecule has 0 saturated carbocycles. The van der Waals surface area contributed by atoms with E-state index >= 15 is 0 Å². The number of rotatable bonds is 6. The normalized spacial score (nSPS) is 24.5. The van der Waals surface area contributed by atoms with Gasteiger partial charge in [-0.25, -0.2) is 0 Å². The highest BCUT2D eigenvalue weighted by Crippen LogP contribution is 2.20. The van der Waals surface area contributed by atoms with Crippen LogP contribution in [0.3, 0.4) is 0 Å². The molecule has 1 heterocycles. The average Bonchev–Trinajstić information content (AvgIpc) is 2.97. The summed E-state index contributed by atoms with van der Waals surface area (Å²) in [4.78, 5) is 0. The fourth-order valence-electron chi connectivity index (χ4n) is 3.38. The Morgan fingerprint density at radius 2 is 1.59 bits per heavy atom. The van der Waals surface area contributed by atoms with Gasteiger partial charge >= 0.3 is 0 Å². The molecule has 1 saturated heterocycles. The van der Waals surface area contributed by atoms with E-state index in [2.05, 4.69) is 78.2 Å². The molecule has 1 fully saturated rings. The van der Waals surface area contributed by atoms with Gasteiger partial charge in [0.15, 0.2) is 0 Å². The van der Waals surface area contributed by atoms with Gasteiger partial charge in [0.1, 0.15) is 0 Å². The summed E-state index contributed by atoms with van der Waals surface area (Å²) in [5, 5.41) is 7.58. The van der Waals surface area contributed by atoms with Gasteiger partial charge in [0, 0.05) is 24.7 Å². The van der Waals surface area contributed by atoms with Gasteiger partial charge in [0.2, 0.25) is 0 Å². The van der Waals surface area contributed by atoms with E-state index in [4.69, 9.17) is 0 Å². The quantitative estimate of drug-likeness (QED) is 0.851. The molecule has 3 rings (SSSR count). The fraction of sp³-hybridized carbons (Fsp3) is 0.400. The van der Waals surface area contributed by atoms with Gasteiger partial charge in [-0.2, -0.15) is 0 Å². The summed E-state index contributed by atoms with van der Waals surface area (Å²) in [5.41, 5.74) is 2.78. The zero-order valence-corrected chi connectivity index (χ0v) is 13.3. The molecule has 116 valence electrons. The molecule has 0 aromatic heterocycles. The Kier molecular flexibility index (Phi) is 5.25. The van der Waals surface area contributed by atoms with Crippen LogP contribution in [0.25, 0.3) is 0 Å². The van der Waals surface area contributed by atoms with E-state index in [1.165, 1.54) is 24.0 Å². The van der Waals surface area contributed by atoms with Crippen LogP contribution in [-0.4, -0.2) is 18.1 Å². The second-order valence-electron chi connectivity index (χ2n) is 6.28. The van der Waals surface area contributed by atoms with Crippen molar-refractivity contribution in [3.05, 3.63) is 71.8 Å². The van der Waals surface area contributed by atoms with Crippen molar-refractivity contribution in [2.75, 3.05) is 0 Å². The molecule has 2 aromatic carbocycles. The van der Waals surface area contributed by atoms with Crippen LogP contribution in [0.1, 0.15) is 30.9 Å². The summed E-state index contributed by atoms with van der Waals surface area (Å²) < 4.78 is 0. The van der Waals surface area contributed by atoms with Gasteiger partial charge in [-0.05, 0) is 30.4 Å². The van der Waals surface area contributed by atoms with E-state index in [9.17, 15) is 0 Å². The first-order valence-corrected chi connectivity index (χ1v) is 8.42. The third kappa shape index (κ3) is 3.96. The average molecular weight is 294 g/mol. The van der Waals surface area contributed by atoms with Crippen molar-refractivity contribution in [3.8, 4) is 0 Å². The standard InChI is InChI=1S/C20H26N2/c1-2-18-14-19(21-15-17-11-7-4-8-12-17)20(22-18)13-16-9-5-3-6-10-16/h3-12,18-22H,2,13-15H2,1H3/t18-,19+,20+/m1/s1. The lowest BCUT2D eigenvalue weighted by Crippen LogP contribution is -2.42. The van der Waals surface area contributed by atoms with E-state index in [0.717, 1.165) is 13.0 Å². The zero-order chi connectivity index (χ0) is 15.2. The highest BCUT2D eigenvalue weighted by molar-refractivity contribution is 5.18. The Labute approximate surface area is 134 Å². The predicted octanol–water partition coefficient (Wildman–Crippen LogP) is 3.53. The van der Waals surface area contributed by atoms with Crippen molar-refractivity contribution < 1.29 is 0 Å². The number of nitrogens with one attached hydrogen (secondary N) is 2. The molecule has 0 radical (unpaired) electrons. The van der Waals surface area contributed by atoms with Crippen molar-refractivity contribution in [1.82, 2.24) is 10.6 Å². The molecular weight excluding hydrogens is 268 g/mol. The van der Waals surface area contributed by atoms with E-state index in [-0.39, 0.29) is 0 Å². The van der Waals surface area contributed by atoms with E-state index in [1.807, 2.05) is 0 Å². The first-order valence-electron chi connectivity index (χ1n) is 8.42. The van der Waals surface area contributed by atoms with Gasteiger partial charge in [0.05, 0.1) is 0 Å². The predicted molar refractivity (Wildman–Crippen MR) is 92.8 cm³/mol. The van der Waals surface area contributed by atoms with Crippen LogP contribution < -0.4 is 10.6 Å². The van der Waals surface area contributed by atoms with Crippen LogP contribution >= 0.6 is 0 Å². The molecule has 0 spiro atoms.